The zero-order valence-corrected chi connectivity index (χ0v) is 9.16. The lowest BCUT2D eigenvalue weighted by atomic mass is 9.92. The van der Waals surface area contributed by atoms with Gasteiger partial charge >= 0.3 is 5.97 Å². The highest BCUT2D eigenvalue weighted by molar-refractivity contribution is 5.85. The summed E-state index contributed by atoms with van der Waals surface area (Å²) in [5.41, 5.74) is -0.510. The van der Waals surface area contributed by atoms with Gasteiger partial charge in [-0.2, -0.15) is 0 Å². The molecule has 0 saturated heterocycles. The molecule has 1 N–H and O–H groups in total. The largest absolute Gasteiger partial charge is 0.481 e. The summed E-state index contributed by atoms with van der Waals surface area (Å²) in [5.74, 6) is -1.46. The summed E-state index contributed by atoms with van der Waals surface area (Å²) in [6.07, 6.45) is 0.135. The Balaban J connectivity index is 4.14. The van der Waals surface area contributed by atoms with Crippen LogP contribution in [0.1, 0.15) is 33.6 Å². The topological polar surface area (TPSA) is 63.6 Å². The molecule has 14 heavy (non-hydrogen) atoms. The molecular formula is C10H18O4. The SMILES string of the molecule is COC(C)(C)CC(=O)C(C)CC(=O)O. The van der Waals surface area contributed by atoms with E-state index in [0.29, 0.717) is 0 Å². The van der Waals surface area contributed by atoms with Gasteiger partial charge in [-0.3, -0.25) is 9.59 Å². The number of carbonyl (C=O) groups excluding carboxylic acids is 1. The number of ketones is 1. The van der Waals surface area contributed by atoms with E-state index in [1.165, 1.54) is 7.11 Å². The van der Waals surface area contributed by atoms with Gasteiger partial charge in [0.15, 0.2) is 0 Å². The van der Waals surface area contributed by atoms with E-state index < -0.39 is 17.5 Å². The van der Waals surface area contributed by atoms with Crippen molar-refractivity contribution in [1.82, 2.24) is 0 Å². The molecule has 0 amide bonds. The van der Waals surface area contributed by atoms with Gasteiger partial charge in [0.2, 0.25) is 0 Å². The van der Waals surface area contributed by atoms with E-state index >= 15 is 0 Å². The Morgan fingerprint density at radius 3 is 2.29 bits per heavy atom. The minimum absolute atomic E-state index is 0.0701. The third-order valence-corrected chi connectivity index (χ3v) is 2.18. The molecule has 0 aliphatic heterocycles. The summed E-state index contributed by atoms with van der Waals surface area (Å²) in [4.78, 5) is 21.9. The van der Waals surface area contributed by atoms with Crippen LogP contribution in [-0.2, 0) is 14.3 Å². The number of rotatable bonds is 6. The highest BCUT2D eigenvalue weighted by Crippen LogP contribution is 2.17. The maximum Gasteiger partial charge on any atom is 0.304 e. The van der Waals surface area contributed by atoms with E-state index in [-0.39, 0.29) is 18.6 Å². The average molecular weight is 202 g/mol. The summed E-state index contributed by atoms with van der Waals surface area (Å²) in [7, 11) is 1.54. The third-order valence-electron chi connectivity index (χ3n) is 2.18. The van der Waals surface area contributed by atoms with Gasteiger partial charge < -0.3 is 9.84 Å². The van der Waals surface area contributed by atoms with Gasteiger partial charge in [-0.15, -0.1) is 0 Å². The molecule has 0 aromatic rings. The van der Waals surface area contributed by atoms with Crippen molar-refractivity contribution >= 4 is 11.8 Å². The fourth-order valence-corrected chi connectivity index (χ4v) is 1.04. The number of hydrogen-bond acceptors (Lipinski definition) is 3. The molecule has 0 rings (SSSR count). The molecule has 0 aromatic heterocycles. The van der Waals surface area contributed by atoms with Crippen molar-refractivity contribution in [2.75, 3.05) is 7.11 Å². The second kappa shape index (κ2) is 5.10. The molecule has 0 heterocycles. The summed E-state index contributed by atoms with van der Waals surface area (Å²) in [5, 5.41) is 8.50. The monoisotopic (exact) mass is 202 g/mol. The van der Waals surface area contributed by atoms with Gasteiger partial charge in [-0.25, -0.2) is 0 Å². The van der Waals surface area contributed by atoms with Crippen molar-refractivity contribution in [3.63, 3.8) is 0 Å². The van der Waals surface area contributed by atoms with Crippen LogP contribution in [0.5, 0.6) is 0 Å². The number of carboxylic acid groups (broad SMARTS) is 1. The first-order valence-corrected chi connectivity index (χ1v) is 4.58. The molecule has 0 bridgehead atoms. The lowest BCUT2D eigenvalue weighted by Crippen LogP contribution is -2.29. The Morgan fingerprint density at radius 2 is 1.93 bits per heavy atom. The standard InChI is InChI=1S/C10H18O4/c1-7(5-9(12)13)8(11)6-10(2,3)14-4/h7H,5-6H2,1-4H3,(H,12,13). The van der Waals surface area contributed by atoms with E-state index in [0.717, 1.165) is 0 Å². The number of carboxylic acids is 1. The van der Waals surface area contributed by atoms with E-state index in [9.17, 15) is 9.59 Å². The lowest BCUT2D eigenvalue weighted by Gasteiger charge is -2.23. The highest BCUT2D eigenvalue weighted by atomic mass is 16.5. The first-order valence-electron chi connectivity index (χ1n) is 4.58. The van der Waals surface area contributed by atoms with E-state index in [2.05, 4.69) is 0 Å². The molecule has 0 saturated carbocycles. The summed E-state index contributed by atoms with van der Waals surface area (Å²) < 4.78 is 5.10. The molecule has 0 aliphatic carbocycles. The molecule has 4 nitrogen and oxygen atoms in total. The van der Waals surface area contributed by atoms with Crippen molar-refractivity contribution in [3.8, 4) is 0 Å². The zero-order valence-electron chi connectivity index (χ0n) is 9.16. The molecule has 4 heteroatoms. The van der Waals surface area contributed by atoms with Crippen LogP contribution in [0.2, 0.25) is 0 Å². The number of aliphatic carboxylic acids is 1. The van der Waals surface area contributed by atoms with E-state index in [1.807, 2.05) is 0 Å². The van der Waals surface area contributed by atoms with Crippen LogP contribution in [0.15, 0.2) is 0 Å². The number of ether oxygens (including phenoxy) is 1. The molecule has 0 fully saturated rings. The van der Waals surface area contributed by atoms with Crippen LogP contribution in [0.25, 0.3) is 0 Å². The first kappa shape index (κ1) is 13.1. The second-order valence-electron chi connectivity index (χ2n) is 4.11. The maximum atomic E-state index is 11.5. The molecular weight excluding hydrogens is 184 g/mol. The molecule has 0 aromatic carbocycles. The van der Waals surface area contributed by atoms with Crippen molar-refractivity contribution < 1.29 is 19.4 Å². The molecule has 82 valence electrons. The molecule has 0 spiro atoms. The maximum absolute atomic E-state index is 11.5. The van der Waals surface area contributed by atoms with Crippen molar-refractivity contribution in [3.05, 3.63) is 0 Å². The predicted octanol–water partition coefficient (Wildman–Crippen LogP) is 1.48. The van der Waals surface area contributed by atoms with Crippen LogP contribution in [0.4, 0.5) is 0 Å². The number of Topliss-reactive ketones (excluding diaryl/α,β-unsaturated/α-hetero) is 1. The highest BCUT2D eigenvalue weighted by Gasteiger charge is 2.25. The van der Waals surface area contributed by atoms with Gasteiger partial charge in [0.1, 0.15) is 5.78 Å². The molecule has 0 radical (unpaired) electrons. The number of carbonyl (C=O) groups is 2. The Hall–Kier alpha value is -0.900. The number of hydrogen-bond donors (Lipinski definition) is 1. The molecule has 1 atom stereocenters. The van der Waals surface area contributed by atoms with Crippen molar-refractivity contribution in [2.24, 2.45) is 5.92 Å². The van der Waals surface area contributed by atoms with Crippen LogP contribution in [-0.4, -0.2) is 29.6 Å². The van der Waals surface area contributed by atoms with Crippen molar-refractivity contribution in [2.45, 2.75) is 39.2 Å². The average Bonchev–Trinajstić information content (AvgIpc) is 2.02. The van der Waals surface area contributed by atoms with Crippen LogP contribution < -0.4 is 0 Å². The Morgan fingerprint density at radius 1 is 1.43 bits per heavy atom. The zero-order chi connectivity index (χ0) is 11.4. The van der Waals surface area contributed by atoms with Gasteiger partial charge in [-0.1, -0.05) is 6.92 Å². The predicted molar refractivity (Wildman–Crippen MR) is 52.1 cm³/mol. The van der Waals surface area contributed by atoms with Gasteiger partial charge in [-0.05, 0) is 13.8 Å². The van der Waals surface area contributed by atoms with Gasteiger partial charge in [0.25, 0.3) is 0 Å². The van der Waals surface area contributed by atoms with Crippen LogP contribution >= 0.6 is 0 Å². The minimum Gasteiger partial charge on any atom is -0.481 e. The summed E-state index contributed by atoms with van der Waals surface area (Å²) >= 11 is 0. The number of methoxy groups -OCH3 is 1. The molecule has 1 unspecified atom stereocenters. The Kier molecular flexibility index (Phi) is 4.77. The van der Waals surface area contributed by atoms with E-state index in [4.69, 9.17) is 9.84 Å². The van der Waals surface area contributed by atoms with Crippen LogP contribution in [0, 0.1) is 5.92 Å². The lowest BCUT2D eigenvalue weighted by molar-refractivity contribution is -0.141. The first-order chi connectivity index (χ1) is 6.28. The summed E-state index contributed by atoms with van der Waals surface area (Å²) in [6, 6.07) is 0. The quantitative estimate of drug-likeness (QED) is 0.708. The smallest absolute Gasteiger partial charge is 0.304 e. The van der Waals surface area contributed by atoms with Gasteiger partial charge in [0.05, 0.1) is 12.0 Å². The summed E-state index contributed by atoms with van der Waals surface area (Å²) in [6.45, 7) is 5.24. The minimum atomic E-state index is -0.943. The third kappa shape index (κ3) is 4.97. The normalized spacial score (nSPS) is 13.7. The second-order valence-corrected chi connectivity index (χ2v) is 4.11. The fraction of sp³-hybridized carbons (Fsp3) is 0.800. The Labute approximate surface area is 84.3 Å². The van der Waals surface area contributed by atoms with E-state index in [1.54, 1.807) is 20.8 Å². The Bertz CT molecular complexity index is 220. The van der Waals surface area contributed by atoms with Crippen molar-refractivity contribution in [1.29, 1.82) is 0 Å². The molecule has 0 aliphatic rings. The van der Waals surface area contributed by atoms with Gasteiger partial charge in [0, 0.05) is 19.4 Å². The van der Waals surface area contributed by atoms with Crippen LogP contribution in [0.3, 0.4) is 0 Å². The fourth-order valence-electron chi connectivity index (χ4n) is 1.04.